The highest BCUT2D eigenvalue weighted by atomic mass is 35.5. The third-order valence-corrected chi connectivity index (χ3v) is 3.06. The van der Waals surface area contributed by atoms with E-state index in [1.807, 2.05) is 13.8 Å². The van der Waals surface area contributed by atoms with Crippen molar-refractivity contribution in [3.63, 3.8) is 0 Å². The molecule has 1 saturated carbocycles. The van der Waals surface area contributed by atoms with Crippen molar-refractivity contribution in [1.82, 2.24) is 0 Å². The van der Waals surface area contributed by atoms with Crippen LogP contribution in [-0.2, 0) is 14.3 Å². The van der Waals surface area contributed by atoms with Gasteiger partial charge in [0.2, 0.25) is 0 Å². The van der Waals surface area contributed by atoms with Gasteiger partial charge >= 0.3 is 5.97 Å². The van der Waals surface area contributed by atoms with Crippen LogP contribution in [0.2, 0.25) is 0 Å². The van der Waals surface area contributed by atoms with Gasteiger partial charge in [-0.25, -0.2) is 4.79 Å². The molecule has 1 aliphatic carbocycles. The van der Waals surface area contributed by atoms with Gasteiger partial charge < -0.3 is 4.74 Å². The molecule has 14 heavy (non-hydrogen) atoms. The first kappa shape index (κ1) is 11.2. The Labute approximate surface area is 88.1 Å². The lowest BCUT2D eigenvalue weighted by molar-refractivity contribution is -0.140. The Kier molecular flexibility index (Phi) is 3.00. The van der Waals surface area contributed by atoms with Gasteiger partial charge in [0, 0.05) is 11.8 Å². The highest BCUT2D eigenvalue weighted by molar-refractivity contribution is 6.41. The molecule has 0 radical (unpaired) electrons. The van der Waals surface area contributed by atoms with Crippen LogP contribution < -0.4 is 0 Å². The maximum absolute atomic E-state index is 11.2. The van der Waals surface area contributed by atoms with Crippen molar-refractivity contribution in [3.05, 3.63) is 11.1 Å². The van der Waals surface area contributed by atoms with Crippen LogP contribution in [0.15, 0.2) is 11.1 Å². The molecule has 1 rings (SSSR count). The molecule has 0 N–H and O–H groups in total. The smallest absolute Gasteiger partial charge is 0.349 e. The Hall–Kier alpha value is -0.830. The lowest BCUT2D eigenvalue weighted by Crippen LogP contribution is -2.44. The molecule has 1 atom stereocenters. The van der Waals surface area contributed by atoms with Gasteiger partial charge in [-0.15, -0.1) is 0 Å². The molecule has 0 bridgehead atoms. The SMILES string of the molecule is COC(=O)C(Cl)=CC1CC(=O)C1(C)C. The number of ether oxygens (including phenoxy) is 1. The molecule has 0 aromatic heterocycles. The molecule has 4 heteroatoms. The Morgan fingerprint density at radius 3 is 2.57 bits per heavy atom. The van der Waals surface area contributed by atoms with Crippen LogP contribution in [0.5, 0.6) is 0 Å². The number of halogens is 1. The molecule has 3 nitrogen and oxygen atoms in total. The summed E-state index contributed by atoms with van der Waals surface area (Å²) in [5.74, 6) is -0.309. The van der Waals surface area contributed by atoms with Crippen molar-refractivity contribution in [3.8, 4) is 0 Å². The predicted molar refractivity (Wildman–Crippen MR) is 52.8 cm³/mol. The fraction of sp³-hybridized carbons (Fsp3) is 0.600. The second kappa shape index (κ2) is 3.73. The van der Waals surface area contributed by atoms with E-state index in [2.05, 4.69) is 4.74 Å². The van der Waals surface area contributed by atoms with E-state index >= 15 is 0 Å². The van der Waals surface area contributed by atoms with Gasteiger partial charge in [-0.1, -0.05) is 31.5 Å². The lowest BCUT2D eigenvalue weighted by atomic mass is 9.61. The molecule has 78 valence electrons. The van der Waals surface area contributed by atoms with Crippen LogP contribution in [0.3, 0.4) is 0 Å². The number of Topliss-reactive ketones (excluding diaryl/α,β-unsaturated/α-hetero) is 1. The molecule has 0 spiro atoms. The van der Waals surface area contributed by atoms with Crippen LogP contribution in [0.1, 0.15) is 20.3 Å². The zero-order valence-corrected chi connectivity index (χ0v) is 9.22. The van der Waals surface area contributed by atoms with Gasteiger partial charge in [0.25, 0.3) is 0 Å². The maximum atomic E-state index is 11.2. The molecule has 0 amide bonds. The topological polar surface area (TPSA) is 43.4 Å². The minimum absolute atomic E-state index is 0.0431. The molecule has 0 saturated heterocycles. The van der Waals surface area contributed by atoms with Gasteiger partial charge in [-0.05, 0) is 5.92 Å². The van der Waals surface area contributed by atoms with Crippen molar-refractivity contribution in [2.45, 2.75) is 20.3 Å². The number of esters is 1. The van der Waals surface area contributed by atoms with Crippen LogP contribution in [0.25, 0.3) is 0 Å². The fourth-order valence-corrected chi connectivity index (χ4v) is 1.63. The first-order chi connectivity index (χ1) is 6.39. The lowest BCUT2D eigenvalue weighted by Gasteiger charge is -2.40. The Balaban J connectivity index is 2.71. The first-order valence-electron chi connectivity index (χ1n) is 4.38. The molecule has 1 unspecified atom stereocenters. The summed E-state index contributed by atoms with van der Waals surface area (Å²) in [4.78, 5) is 22.2. The zero-order chi connectivity index (χ0) is 10.9. The number of hydrogen-bond donors (Lipinski definition) is 0. The standard InChI is InChI=1S/C10H13ClO3/c1-10(2)6(5-8(10)12)4-7(11)9(13)14-3/h4,6H,5H2,1-3H3. The Morgan fingerprint density at radius 1 is 1.64 bits per heavy atom. The van der Waals surface area contributed by atoms with Gasteiger partial charge in [-0.3, -0.25) is 4.79 Å². The third kappa shape index (κ3) is 1.82. The largest absolute Gasteiger partial charge is 0.465 e. The molecule has 0 aromatic carbocycles. The van der Waals surface area contributed by atoms with Crippen molar-refractivity contribution < 1.29 is 14.3 Å². The molecular weight excluding hydrogens is 204 g/mol. The number of ketones is 1. The molecule has 0 aromatic rings. The fourth-order valence-electron chi connectivity index (χ4n) is 1.40. The van der Waals surface area contributed by atoms with E-state index in [-0.39, 0.29) is 16.7 Å². The number of hydrogen-bond acceptors (Lipinski definition) is 3. The van der Waals surface area contributed by atoms with Crippen LogP contribution in [0, 0.1) is 11.3 Å². The maximum Gasteiger partial charge on any atom is 0.349 e. The molecule has 0 heterocycles. The van der Waals surface area contributed by atoms with Crippen molar-refractivity contribution in [2.24, 2.45) is 11.3 Å². The molecule has 1 aliphatic rings. The summed E-state index contributed by atoms with van der Waals surface area (Å²) in [6, 6.07) is 0. The quantitative estimate of drug-likeness (QED) is 0.523. The average Bonchev–Trinajstić information content (AvgIpc) is 2.16. The minimum Gasteiger partial charge on any atom is -0.465 e. The number of methoxy groups -OCH3 is 1. The van der Waals surface area contributed by atoms with E-state index in [4.69, 9.17) is 11.6 Å². The predicted octanol–water partition coefficient (Wildman–Crippen LogP) is 1.90. The van der Waals surface area contributed by atoms with Gasteiger partial charge in [-0.2, -0.15) is 0 Å². The number of carbonyl (C=O) groups excluding carboxylic acids is 2. The third-order valence-electron chi connectivity index (χ3n) is 2.78. The number of carbonyl (C=O) groups is 2. The molecular formula is C10H13ClO3. The summed E-state index contributed by atoms with van der Waals surface area (Å²) in [5.41, 5.74) is -0.395. The molecule has 1 fully saturated rings. The van der Waals surface area contributed by atoms with Crippen molar-refractivity contribution in [2.75, 3.05) is 7.11 Å². The molecule has 0 aliphatic heterocycles. The van der Waals surface area contributed by atoms with Gasteiger partial charge in [0.15, 0.2) is 0 Å². The number of allylic oxidation sites excluding steroid dienone is 1. The van der Waals surface area contributed by atoms with Crippen LogP contribution in [-0.4, -0.2) is 18.9 Å². The highest BCUT2D eigenvalue weighted by Crippen LogP contribution is 2.44. The van der Waals surface area contributed by atoms with E-state index in [1.165, 1.54) is 7.11 Å². The van der Waals surface area contributed by atoms with Crippen LogP contribution >= 0.6 is 11.6 Å². The Morgan fingerprint density at radius 2 is 2.21 bits per heavy atom. The first-order valence-corrected chi connectivity index (χ1v) is 4.76. The summed E-state index contributed by atoms with van der Waals surface area (Å²) in [7, 11) is 1.27. The zero-order valence-electron chi connectivity index (χ0n) is 8.46. The van der Waals surface area contributed by atoms with E-state index in [0.29, 0.717) is 6.42 Å². The average molecular weight is 217 g/mol. The van der Waals surface area contributed by atoms with Gasteiger partial charge in [0.1, 0.15) is 10.8 Å². The van der Waals surface area contributed by atoms with E-state index in [9.17, 15) is 9.59 Å². The minimum atomic E-state index is -0.554. The number of rotatable bonds is 2. The monoisotopic (exact) mass is 216 g/mol. The van der Waals surface area contributed by atoms with Crippen molar-refractivity contribution in [1.29, 1.82) is 0 Å². The second-order valence-corrected chi connectivity index (χ2v) is 4.37. The van der Waals surface area contributed by atoms with Gasteiger partial charge in [0.05, 0.1) is 7.11 Å². The summed E-state index contributed by atoms with van der Waals surface area (Å²) in [6.45, 7) is 3.70. The normalized spacial score (nSPS) is 25.6. The highest BCUT2D eigenvalue weighted by Gasteiger charge is 2.46. The summed E-state index contributed by atoms with van der Waals surface area (Å²) in [6.07, 6.45) is 2.06. The second-order valence-electron chi connectivity index (χ2n) is 3.96. The van der Waals surface area contributed by atoms with Crippen molar-refractivity contribution >= 4 is 23.4 Å². The van der Waals surface area contributed by atoms with E-state index in [1.54, 1.807) is 6.08 Å². The summed E-state index contributed by atoms with van der Waals surface area (Å²) >= 11 is 5.69. The van der Waals surface area contributed by atoms with Crippen LogP contribution in [0.4, 0.5) is 0 Å². The van der Waals surface area contributed by atoms with E-state index in [0.717, 1.165) is 0 Å². The Bertz CT molecular complexity index is 304. The van der Waals surface area contributed by atoms with E-state index < -0.39 is 11.4 Å². The summed E-state index contributed by atoms with van der Waals surface area (Å²) in [5, 5.41) is 0.0538. The summed E-state index contributed by atoms with van der Waals surface area (Å²) < 4.78 is 4.45.